The smallest absolute Gasteiger partial charge is 0.328 e. The van der Waals surface area contributed by atoms with E-state index in [1.807, 2.05) is 16.1 Å². The van der Waals surface area contributed by atoms with E-state index in [0.29, 0.717) is 88.5 Å². The van der Waals surface area contributed by atoms with E-state index in [-0.39, 0.29) is 60.1 Å². The largest absolute Gasteiger partial charge is 0.474 e. The molecule has 1 aromatic carbocycles. The Morgan fingerprint density at radius 1 is 0.803 bits per heavy atom. The van der Waals surface area contributed by atoms with Crippen LogP contribution in [-0.2, 0) is 24.6 Å². The predicted octanol–water partition coefficient (Wildman–Crippen LogP) is 6.80. The number of nitrogens with one attached hydrogen (secondary N) is 2. The topological polar surface area (TPSA) is 178 Å². The van der Waals surface area contributed by atoms with Gasteiger partial charge in [0, 0.05) is 86.5 Å². The molecule has 0 radical (unpaired) electrons. The van der Waals surface area contributed by atoms with Crippen molar-refractivity contribution in [1.29, 1.82) is 0 Å². The van der Waals surface area contributed by atoms with Crippen LogP contribution in [-0.4, -0.2) is 134 Å². The summed E-state index contributed by atoms with van der Waals surface area (Å²) in [7, 11) is 0. The van der Waals surface area contributed by atoms with Gasteiger partial charge >= 0.3 is 6.03 Å². The minimum Gasteiger partial charge on any atom is -0.474 e. The van der Waals surface area contributed by atoms with Crippen LogP contribution in [0.5, 0.6) is 5.88 Å². The minimum absolute atomic E-state index is 0.0722. The van der Waals surface area contributed by atoms with E-state index in [4.69, 9.17) is 14.7 Å². The molecule has 8 aliphatic rings. The maximum atomic E-state index is 15.2. The minimum atomic E-state index is -0.694. The van der Waals surface area contributed by atoms with Gasteiger partial charge in [-0.1, -0.05) is 18.6 Å². The summed E-state index contributed by atoms with van der Waals surface area (Å²) >= 11 is 0. The lowest BCUT2D eigenvalue weighted by molar-refractivity contribution is -0.140. The van der Waals surface area contributed by atoms with Crippen LogP contribution in [0.3, 0.4) is 0 Å². The van der Waals surface area contributed by atoms with Gasteiger partial charge in [-0.2, -0.15) is 0 Å². The monoisotopic (exact) mass is 966 g/mol. The van der Waals surface area contributed by atoms with E-state index in [1.165, 1.54) is 24.2 Å². The molecule has 1 atom stereocenters. The van der Waals surface area contributed by atoms with Crippen molar-refractivity contribution in [3.63, 3.8) is 0 Å². The molecule has 2 N–H and O–H groups in total. The lowest BCUT2D eigenvalue weighted by Gasteiger charge is -2.48. The first-order valence-corrected chi connectivity index (χ1v) is 26.7. The first-order valence-electron chi connectivity index (χ1n) is 26.7. The van der Waals surface area contributed by atoms with Gasteiger partial charge in [0.2, 0.25) is 29.5 Å². The highest BCUT2D eigenvalue weighted by Crippen LogP contribution is 2.52. The molecule has 0 bridgehead atoms. The lowest BCUT2D eigenvalue weighted by atomic mass is 9.73. The Hall–Kier alpha value is -6.10. The Kier molecular flexibility index (Phi) is 12.0. The number of piperidine rings is 2. The van der Waals surface area contributed by atoms with Crippen LogP contribution in [0.1, 0.15) is 122 Å². The molecule has 12 rings (SSSR count). The van der Waals surface area contributed by atoms with Crippen molar-refractivity contribution in [3.05, 3.63) is 54.5 Å². The summed E-state index contributed by atoms with van der Waals surface area (Å²) in [6.45, 7) is 8.96. The molecule has 17 nitrogen and oxygen atoms in total. The number of fused-ring (bicyclic) bond motifs is 3. The van der Waals surface area contributed by atoms with Gasteiger partial charge in [0.05, 0.1) is 40.8 Å². The molecule has 1 spiro atoms. The van der Waals surface area contributed by atoms with Crippen LogP contribution in [0.2, 0.25) is 0 Å². The number of anilines is 3. The molecule has 4 aromatic rings. The number of benzene rings is 1. The van der Waals surface area contributed by atoms with Crippen molar-refractivity contribution in [1.82, 2.24) is 39.5 Å². The summed E-state index contributed by atoms with van der Waals surface area (Å²) in [6, 6.07) is 13.0. The zero-order valence-electron chi connectivity index (χ0n) is 41.2. The van der Waals surface area contributed by atoms with Crippen molar-refractivity contribution in [2.75, 3.05) is 60.9 Å². The first-order chi connectivity index (χ1) is 34.5. The summed E-state index contributed by atoms with van der Waals surface area (Å²) < 4.78 is 8.38. The highest BCUT2D eigenvalue weighted by molar-refractivity contribution is 6.10. The number of nitrogens with zero attached hydrogens (tertiary/aromatic N) is 9. The van der Waals surface area contributed by atoms with Gasteiger partial charge in [0.1, 0.15) is 11.6 Å². The van der Waals surface area contributed by atoms with Gasteiger partial charge in [-0.05, 0) is 134 Å². The van der Waals surface area contributed by atoms with Crippen LogP contribution in [0.25, 0.3) is 22.3 Å². The fourth-order valence-corrected chi connectivity index (χ4v) is 12.9. The van der Waals surface area contributed by atoms with Gasteiger partial charge in [-0.3, -0.25) is 29.4 Å². The van der Waals surface area contributed by atoms with E-state index < -0.39 is 11.4 Å². The third-order valence-corrected chi connectivity index (χ3v) is 17.3. The van der Waals surface area contributed by atoms with Gasteiger partial charge in [-0.15, -0.1) is 0 Å². The summed E-state index contributed by atoms with van der Waals surface area (Å²) in [4.78, 5) is 91.9. The summed E-state index contributed by atoms with van der Waals surface area (Å²) in [6.07, 6.45) is 16.3. The predicted molar refractivity (Wildman–Crippen MR) is 268 cm³/mol. The SMILES string of the molecule is CC(C)n1cnc2cc(-c3ccc4c(c3)N(C3CC(N5CCCCC5)C3)C(=O)C43CCN(C(=O)[C@@H]4CCN(C(=O)[C@H]5CC[C@H](Oc6ccc(N7CCC(=O)NC7=O)cn6)CC5)C4)CC3)nc(NC3CC3)c21. The fourth-order valence-electron chi connectivity index (χ4n) is 12.9. The second-order valence-corrected chi connectivity index (χ2v) is 22.0. The standard InChI is InChI=1S/C54H67N11O6/c1-33(2)64-32-56-44-29-43(58-49(48(44)64)57-37-9-10-37)35-8-14-42-45(26-35)65(40-27-39(28-40)60-20-4-3-5-21-60)52(69)54(42)18-24-61(25-19-54)51(68)36-16-22-62(31-36)50(67)34-6-12-41(13-7-34)71-47-15-11-38(30-55-47)63-23-17-46(66)59-53(63)70/h8,11,14-15,26,29-30,32-34,36-37,39-41H,3-7,9-10,12-13,16-25,27-28,31H2,1-2H3,(H,57,58)(H,59,66,70)/t34-,36-,39?,40?,41-/m1/s1. The third kappa shape index (κ3) is 8.58. The summed E-state index contributed by atoms with van der Waals surface area (Å²) in [5.74, 6) is 1.09. The van der Waals surface area contributed by atoms with Crippen molar-refractivity contribution < 1.29 is 28.7 Å². The van der Waals surface area contributed by atoms with E-state index in [2.05, 4.69) is 68.1 Å². The Morgan fingerprint density at radius 2 is 1.58 bits per heavy atom. The number of rotatable bonds is 11. The number of imide groups is 1. The van der Waals surface area contributed by atoms with Crippen molar-refractivity contribution in [2.45, 2.75) is 146 Å². The quantitative estimate of drug-likeness (QED) is 0.162. The molecule has 5 aliphatic heterocycles. The Balaban J connectivity index is 0.697. The van der Waals surface area contributed by atoms with Crippen LogP contribution >= 0.6 is 0 Å². The van der Waals surface area contributed by atoms with Crippen molar-refractivity contribution >= 4 is 57.9 Å². The fraction of sp³-hybridized carbons (Fsp3) is 0.593. The number of carbonyl (C=O) groups excluding carboxylic acids is 5. The van der Waals surface area contributed by atoms with Crippen LogP contribution in [0.4, 0.5) is 22.0 Å². The Bertz CT molecular complexity index is 2730. The van der Waals surface area contributed by atoms with Gasteiger partial charge in [-0.25, -0.2) is 19.7 Å². The highest BCUT2D eigenvalue weighted by Gasteiger charge is 2.56. The average molecular weight is 966 g/mol. The summed E-state index contributed by atoms with van der Waals surface area (Å²) in [5, 5.41) is 6.03. The Labute approximate surface area is 415 Å². The third-order valence-electron chi connectivity index (χ3n) is 17.3. The molecule has 17 heteroatoms. The van der Waals surface area contributed by atoms with Gasteiger partial charge < -0.3 is 34.2 Å². The maximum Gasteiger partial charge on any atom is 0.328 e. The van der Waals surface area contributed by atoms with Gasteiger partial charge in [0.25, 0.3) is 0 Å². The van der Waals surface area contributed by atoms with Crippen molar-refractivity contribution in [3.8, 4) is 17.1 Å². The molecule has 3 aliphatic carbocycles. The number of hydrogen-bond donors (Lipinski definition) is 2. The molecule has 4 saturated heterocycles. The number of pyridine rings is 2. The second kappa shape index (κ2) is 18.5. The maximum absolute atomic E-state index is 15.2. The average Bonchev–Trinajstić information content (AvgIpc) is 3.76. The van der Waals surface area contributed by atoms with E-state index >= 15 is 4.79 Å². The highest BCUT2D eigenvalue weighted by atomic mass is 16.5. The Morgan fingerprint density at radius 3 is 2.30 bits per heavy atom. The number of likely N-dealkylation sites (tertiary alicyclic amines) is 3. The van der Waals surface area contributed by atoms with Crippen molar-refractivity contribution in [2.24, 2.45) is 11.8 Å². The molecule has 3 aromatic heterocycles. The van der Waals surface area contributed by atoms with Crippen LogP contribution in [0, 0.1) is 11.8 Å². The molecular formula is C54H67N11O6. The molecule has 6 amide bonds. The zero-order valence-corrected chi connectivity index (χ0v) is 41.2. The van der Waals surface area contributed by atoms with Gasteiger partial charge in [0.15, 0.2) is 5.82 Å². The number of aromatic nitrogens is 4. The number of ether oxygens (including phenoxy) is 1. The van der Waals surface area contributed by atoms with E-state index in [0.717, 1.165) is 91.0 Å². The number of carbonyl (C=O) groups is 5. The molecule has 3 saturated carbocycles. The molecule has 374 valence electrons. The number of amides is 6. The second-order valence-electron chi connectivity index (χ2n) is 22.0. The summed E-state index contributed by atoms with van der Waals surface area (Å²) in [5.41, 5.74) is 5.75. The van der Waals surface area contributed by atoms with E-state index in [9.17, 15) is 19.2 Å². The van der Waals surface area contributed by atoms with Crippen LogP contribution < -0.4 is 25.2 Å². The lowest BCUT2D eigenvalue weighted by Crippen LogP contribution is -2.58. The molecule has 7 fully saturated rings. The zero-order chi connectivity index (χ0) is 48.5. The number of hydrogen-bond acceptors (Lipinski definition) is 11. The molecule has 0 unspecified atom stereocenters. The first kappa shape index (κ1) is 46.0. The molecule has 71 heavy (non-hydrogen) atoms. The number of imidazole rings is 1. The normalized spacial score (nSPS) is 26.8. The molecular weight excluding hydrogens is 899 g/mol. The molecule has 8 heterocycles. The number of urea groups is 1. The van der Waals surface area contributed by atoms with E-state index in [1.54, 1.807) is 18.3 Å². The van der Waals surface area contributed by atoms with Crippen LogP contribution in [0.15, 0.2) is 48.9 Å².